The number of esters is 1. The number of carbonyl (C=O) groups is 1. The standard InChI is InChI=1S/C21H36N2O2/c1-19(15-11-7-3-5-9-13-17-22)21(25-20(2)24)16-12-8-4-6-10-14-18-23/h19,21H,3-16H2,1-2H3/t19-,21+/m1/s1. The van der Waals surface area contributed by atoms with Crippen molar-refractivity contribution in [3.8, 4) is 12.1 Å². The fourth-order valence-electron chi connectivity index (χ4n) is 3.14. The van der Waals surface area contributed by atoms with Crippen molar-refractivity contribution < 1.29 is 9.53 Å². The Kier molecular flexibility index (Phi) is 16.2. The number of unbranched alkanes of at least 4 members (excludes halogenated alkanes) is 10. The molecule has 0 amide bonds. The van der Waals surface area contributed by atoms with Gasteiger partial charge < -0.3 is 4.74 Å². The predicted octanol–water partition coefficient (Wildman–Crippen LogP) is 6.06. The van der Waals surface area contributed by atoms with Crippen molar-refractivity contribution >= 4 is 5.97 Å². The third kappa shape index (κ3) is 15.7. The lowest BCUT2D eigenvalue weighted by Gasteiger charge is -2.24. The molecule has 0 bridgehead atoms. The molecule has 4 nitrogen and oxygen atoms in total. The van der Waals surface area contributed by atoms with E-state index in [0.717, 1.165) is 57.8 Å². The van der Waals surface area contributed by atoms with E-state index in [1.54, 1.807) is 0 Å². The van der Waals surface area contributed by atoms with Gasteiger partial charge in [0.1, 0.15) is 6.10 Å². The van der Waals surface area contributed by atoms with Gasteiger partial charge in [0, 0.05) is 19.8 Å². The van der Waals surface area contributed by atoms with E-state index in [1.165, 1.54) is 26.2 Å². The number of ether oxygens (including phenoxy) is 1. The number of hydrogen-bond acceptors (Lipinski definition) is 4. The second kappa shape index (κ2) is 17.3. The Morgan fingerprint density at radius 1 is 0.800 bits per heavy atom. The van der Waals surface area contributed by atoms with Crippen LogP contribution >= 0.6 is 0 Å². The van der Waals surface area contributed by atoms with E-state index in [4.69, 9.17) is 15.3 Å². The topological polar surface area (TPSA) is 73.9 Å². The fourth-order valence-corrected chi connectivity index (χ4v) is 3.14. The SMILES string of the molecule is CC(=O)O[C@@H](CCCCCCCC#N)[C@H](C)CCCCCCCC#N. The van der Waals surface area contributed by atoms with Crippen LogP contribution in [-0.2, 0) is 9.53 Å². The van der Waals surface area contributed by atoms with Gasteiger partial charge in [0.25, 0.3) is 0 Å². The average molecular weight is 349 g/mol. The van der Waals surface area contributed by atoms with Gasteiger partial charge in [-0.3, -0.25) is 4.79 Å². The van der Waals surface area contributed by atoms with Crippen LogP contribution in [0.15, 0.2) is 0 Å². The van der Waals surface area contributed by atoms with Gasteiger partial charge in [-0.2, -0.15) is 10.5 Å². The molecule has 0 aromatic heterocycles. The summed E-state index contributed by atoms with van der Waals surface area (Å²) >= 11 is 0. The zero-order valence-electron chi connectivity index (χ0n) is 16.3. The molecule has 0 aromatic carbocycles. The summed E-state index contributed by atoms with van der Waals surface area (Å²) in [6, 6.07) is 4.37. The smallest absolute Gasteiger partial charge is 0.302 e. The van der Waals surface area contributed by atoms with Gasteiger partial charge in [-0.05, 0) is 38.0 Å². The minimum atomic E-state index is -0.178. The zero-order valence-corrected chi connectivity index (χ0v) is 16.3. The Bertz CT molecular complexity index is 409. The molecule has 0 N–H and O–H groups in total. The molecule has 0 heterocycles. The minimum absolute atomic E-state index is 0.0372. The van der Waals surface area contributed by atoms with Gasteiger partial charge in [0.05, 0.1) is 12.1 Å². The number of rotatable bonds is 16. The lowest BCUT2D eigenvalue weighted by atomic mass is 9.93. The lowest BCUT2D eigenvalue weighted by molar-refractivity contribution is -0.149. The molecule has 0 aliphatic rings. The number of nitrogens with zero attached hydrogens (tertiary/aromatic N) is 2. The summed E-state index contributed by atoms with van der Waals surface area (Å²) in [7, 11) is 0. The van der Waals surface area contributed by atoms with E-state index in [1.807, 2.05) is 0 Å². The molecule has 0 unspecified atom stereocenters. The van der Waals surface area contributed by atoms with Crippen LogP contribution in [0.5, 0.6) is 0 Å². The summed E-state index contributed by atoms with van der Waals surface area (Å²) in [5, 5.41) is 17.0. The van der Waals surface area contributed by atoms with E-state index in [2.05, 4.69) is 19.1 Å². The summed E-state index contributed by atoms with van der Waals surface area (Å²) in [4.78, 5) is 11.4. The summed E-state index contributed by atoms with van der Waals surface area (Å²) in [6.45, 7) is 3.69. The number of hydrogen-bond donors (Lipinski definition) is 0. The first-order valence-corrected chi connectivity index (χ1v) is 10.0. The Morgan fingerprint density at radius 3 is 1.72 bits per heavy atom. The van der Waals surface area contributed by atoms with E-state index < -0.39 is 0 Å². The summed E-state index contributed by atoms with van der Waals surface area (Å²) < 4.78 is 5.55. The molecule has 0 aliphatic carbocycles. The van der Waals surface area contributed by atoms with Crippen LogP contribution in [0.1, 0.15) is 104 Å². The van der Waals surface area contributed by atoms with Crippen molar-refractivity contribution in [2.45, 2.75) is 110 Å². The van der Waals surface area contributed by atoms with Crippen LogP contribution in [0.3, 0.4) is 0 Å². The molecule has 0 aromatic rings. The number of carbonyl (C=O) groups excluding carboxylic acids is 1. The largest absolute Gasteiger partial charge is 0.462 e. The Morgan fingerprint density at radius 2 is 1.24 bits per heavy atom. The van der Waals surface area contributed by atoms with Crippen molar-refractivity contribution in [1.29, 1.82) is 10.5 Å². The molecular weight excluding hydrogens is 312 g/mol. The first kappa shape index (κ1) is 23.4. The first-order chi connectivity index (χ1) is 12.1. The predicted molar refractivity (Wildman–Crippen MR) is 101 cm³/mol. The van der Waals surface area contributed by atoms with Crippen LogP contribution in [0, 0.1) is 28.6 Å². The molecule has 4 heteroatoms. The molecular formula is C21H36N2O2. The van der Waals surface area contributed by atoms with Crippen molar-refractivity contribution in [2.75, 3.05) is 0 Å². The Balaban J connectivity index is 3.89. The molecule has 0 aliphatic heterocycles. The van der Waals surface area contributed by atoms with Gasteiger partial charge in [-0.25, -0.2) is 0 Å². The van der Waals surface area contributed by atoms with Crippen molar-refractivity contribution in [1.82, 2.24) is 0 Å². The first-order valence-electron chi connectivity index (χ1n) is 10.0. The highest BCUT2D eigenvalue weighted by molar-refractivity contribution is 5.66. The lowest BCUT2D eigenvalue weighted by Crippen LogP contribution is -2.24. The minimum Gasteiger partial charge on any atom is -0.462 e. The monoisotopic (exact) mass is 348 g/mol. The van der Waals surface area contributed by atoms with Crippen LogP contribution in [0.2, 0.25) is 0 Å². The van der Waals surface area contributed by atoms with Gasteiger partial charge in [-0.1, -0.05) is 51.9 Å². The summed E-state index contributed by atoms with van der Waals surface area (Å²) in [5.41, 5.74) is 0. The maximum absolute atomic E-state index is 11.4. The van der Waals surface area contributed by atoms with Gasteiger partial charge in [0.15, 0.2) is 0 Å². The molecule has 0 fully saturated rings. The quantitative estimate of drug-likeness (QED) is 0.251. The second-order valence-corrected chi connectivity index (χ2v) is 7.05. The molecule has 0 spiro atoms. The molecule has 25 heavy (non-hydrogen) atoms. The van der Waals surface area contributed by atoms with Gasteiger partial charge in [-0.15, -0.1) is 0 Å². The van der Waals surface area contributed by atoms with Crippen molar-refractivity contribution in [2.24, 2.45) is 5.92 Å². The van der Waals surface area contributed by atoms with Gasteiger partial charge >= 0.3 is 5.97 Å². The van der Waals surface area contributed by atoms with Crippen molar-refractivity contribution in [3.05, 3.63) is 0 Å². The van der Waals surface area contributed by atoms with Crippen molar-refractivity contribution in [3.63, 3.8) is 0 Å². The zero-order chi connectivity index (χ0) is 18.8. The highest BCUT2D eigenvalue weighted by Crippen LogP contribution is 2.22. The van der Waals surface area contributed by atoms with E-state index >= 15 is 0 Å². The molecule has 0 rings (SSSR count). The normalized spacial score (nSPS) is 12.8. The van der Waals surface area contributed by atoms with E-state index in [9.17, 15) is 4.79 Å². The Labute approximate surface area is 154 Å². The van der Waals surface area contributed by atoms with Gasteiger partial charge in [0.2, 0.25) is 0 Å². The molecule has 0 saturated heterocycles. The third-order valence-electron chi connectivity index (χ3n) is 4.68. The molecule has 2 atom stereocenters. The third-order valence-corrected chi connectivity index (χ3v) is 4.68. The Hall–Kier alpha value is -1.55. The van der Waals surface area contributed by atoms with Crippen LogP contribution in [-0.4, -0.2) is 12.1 Å². The van der Waals surface area contributed by atoms with Crippen LogP contribution < -0.4 is 0 Å². The van der Waals surface area contributed by atoms with Crippen LogP contribution in [0.4, 0.5) is 0 Å². The molecule has 142 valence electrons. The van der Waals surface area contributed by atoms with E-state index in [-0.39, 0.29) is 12.1 Å². The van der Waals surface area contributed by atoms with Crippen LogP contribution in [0.25, 0.3) is 0 Å². The highest BCUT2D eigenvalue weighted by Gasteiger charge is 2.19. The maximum Gasteiger partial charge on any atom is 0.302 e. The fraction of sp³-hybridized carbons (Fsp3) is 0.857. The summed E-state index contributed by atoms with van der Waals surface area (Å²) in [6.07, 6.45) is 14.6. The van der Waals surface area contributed by atoms with E-state index in [0.29, 0.717) is 18.8 Å². The highest BCUT2D eigenvalue weighted by atomic mass is 16.5. The summed E-state index contributed by atoms with van der Waals surface area (Å²) in [5.74, 6) is 0.226. The second-order valence-electron chi connectivity index (χ2n) is 7.05. The maximum atomic E-state index is 11.4. The number of nitriles is 2. The average Bonchev–Trinajstić information content (AvgIpc) is 2.58. The molecule has 0 saturated carbocycles. The molecule has 0 radical (unpaired) electrons.